The van der Waals surface area contributed by atoms with Gasteiger partial charge in [-0.25, -0.2) is 9.98 Å². The summed E-state index contributed by atoms with van der Waals surface area (Å²) < 4.78 is 0. The Bertz CT molecular complexity index is 909. The van der Waals surface area contributed by atoms with E-state index in [9.17, 15) is 5.26 Å². The van der Waals surface area contributed by atoms with E-state index < -0.39 is 0 Å². The van der Waals surface area contributed by atoms with Gasteiger partial charge in [0.15, 0.2) is 0 Å². The molecule has 0 unspecified atom stereocenters. The fourth-order valence-electron chi connectivity index (χ4n) is 2.96. The molecule has 4 nitrogen and oxygen atoms in total. The molecule has 0 saturated carbocycles. The average molecular weight is 348 g/mol. The molecule has 0 spiro atoms. The third-order valence-corrected chi connectivity index (χ3v) is 4.97. The molecule has 1 aromatic carbocycles. The maximum Gasteiger partial charge on any atom is 0.116 e. The van der Waals surface area contributed by atoms with Gasteiger partial charge in [0.25, 0.3) is 0 Å². The van der Waals surface area contributed by atoms with Gasteiger partial charge in [-0.3, -0.25) is 0 Å². The van der Waals surface area contributed by atoms with Gasteiger partial charge in [-0.05, 0) is 25.2 Å². The van der Waals surface area contributed by atoms with E-state index in [0.717, 1.165) is 27.7 Å². The smallest absolute Gasteiger partial charge is 0.116 e. The molecular formula is C20H20N4S. The molecule has 2 aromatic rings. The molecule has 0 N–H and O–H groups in total. The molecule has 25 heavy (non-hydrogen) atoms. The number of hydrogen-bond acceptors (Lipinski definition) is 5. The van der Waals surface area contributed by atoms with Crippen molar-refractivity contribution in [2.24, 2.45) is 4.99 Å². The van der Waals surface area contributed by atoms with Crippen LogP contribution in [0.1, 0.15) is 34.9 Å². The van der Waals surface area contributed by atoms with Crippen LogP contribution in [-0.4, -0.2) is 22.0 Å². The second-order valence-electron chi connectivity index (χ2n) is 5.95. The van der Waals surface area contributed by atoms with Crippen LogP contribution in [0.5, 0.6) is 0 Å². The van der Waals surface area contributed by atoms with Gasteiger partial charge in [0.2, 0.25) is 0 Å². The monoisotopic (exact) mass is 348 g/mol. The predicted molar refractivity (Wildman–Crippen MR) is 104 cm³/mol. The van der Waals surface area contributed by atoms with Crippen LogP contribution in [0.3, 0.4) is 0 Å². The van der Waals surface area contributed by atoms with Gasteiger partial charge >= 0.3 is 0 Å². The Morgan fingerprint density at radius 2 is 2.12 bits per heavy atom. The Hall–Kier alpha value is -2.58. The Morgan fingerprint density at radius 1 is 1.32 bits per heavy atom. The lowest BCUT2D eigenvalue weighted by molar-refractivity contribution is 0.589. The van der Waals surface area contributed by atoms with Gasteiger partial charge in [0.1, 0.15) is 16.7 Å². The van der Waals surface area contributed by atoms with E-state index in [2.05, 4.69) is 53.8 Å². The first-order valence-electron chi connectivity index (χ1n) is 8.18. The average Bonchev–Trinajstić information content (AvgIpc) is 2.58. The van der Waals surface area contributed by atoms with Crippen LogP contribution in [0.4, 0.5) is 5.69 Å². The topological polar surface area (TPSA) is 52.3 Å². The first-order valence-corrected chi connectivity index (χ1v) is 9.16. The highest BCUT2D eigenvalue weighted by Crippen LogP contribution is 2.39. The Balaban J connectivity index is 2.00. The number of pyridine rings is 1. The molecule has 1 aliphatic rings. The summed E-state index contributed by atoms with van der Waals surface area (Å²) in [5.74, 6) is 0.865. The first-order chi connectivity index (χ1) is 12.0. The van der Waals surface area contributed by atoms with Gasteiger partial charge in [-0.15, -0.1) is 11.8 Å². The molecule has 3 rings (SSSR count). The van der Waals surface area contributed by atoms with Crippen LogP contribution < -0.4 is 0 Å². The van der Waals surface area contributed by atoms with E-state index in [1.54, 1.807) is 18.1 Å². The van der Waals surface area contributed by atoms with Crippen LogP contribution in [0, 0.1) is 25.2 Å². The number of aliphatic imine (C=N–C) groups is 1. The van der Waals surface area contributed by atoms with Crippen LogP contribution in [0.25, 0.3) is 5.70 Å². The normalized spacial score (nSPS) is 12.9. The number of fused-ring (bicyclic) bond motifs is 1. The molecule has 1 aromatic heterocycles. The summed E-state index contributed by atoms with van der Waals surface area (Å²) in [6.45, 7) is 11.0. The second-order valence-corrected chi connectivity index (χ2v) is 7.21. The minimum Gasteiger partial charge on any atom is -0.328 e. The number of hydrogen-bond donors (Lipinski definition) is 0. The van der Waals surface area contributed by atoms with Crippen molar-refractivity contribution in [2.75, 3.05) is 5.75 Å². The van der Waals surface area contributed by atoms with Crippen molar-refractivity contribution in [1.82, 2.24) is 9.88 Å². The summed E-state index contributed by atoms with van der Waals surface area (Å²) in [5, 5.41) is 10.3. The van der Waals surface area contributed by atoms with Crippen LogP contribution >= 0.6 is 11.8 Å². The van der Waals surface area contributed by atoms with E-state index in [0.29, 0.717) is 17.8 Å². The molecule has 0 bridgehead atoms. The fourth-order valence-corrected chi connectivity index (χ4v) is 3.72. The summed E-state index contributed by atoms with van der Waals surface area (Å²) in [6.07, 6.45) is 1.77. The molecule has 0 fully saturated rings. The third kappa shape index (κ3) is 3.31. The number of aryl methyl sites for hydroxylation is 2. The number of nitriles is 1. The Labute approximate surface area is 152 Å². The zero-order valence-electron chi connectivity index (χ0n) is 14.7. The quantitative estimate of drug-likeness (QED) is 0.743. The highest BCUT2D eigenvalue weighted by molar-refractivity contribution is 7.99. The number of benzene rings is 1. The molecule has 0 radical (unpaired) electrons. The van der Waals surface area contributed by atoms with Crippen molar-refractivity contribution < 1.29 is 0 Å². The molecule has 2 heterocycles. The van der Waals surface area contributed by atoms with Crippen molar-refractivity contribution in [3.8, 4) is 6.07 Å². The summed E-state index contributed by atoms with van der Waals surface area (Å²) in [7, 11) is 0. The Morgan fingerprint density at radius 3 is 2.80 bits per heavy atom. The molecule has 1 aliphatic heterocycles. The van der Waals surface area contributed by atoms with Crippen LogP contribution in [-0.2, 0) is 6.54 Å². The van der Waals surface area contributed by atoms with Crippen LogP contribution in [0.15, 0.2) is 40.9 Å². The zero-order valence-corrected chi connectivity index (χ0v) is 15.5. The molecule has 5 heteroatoms. The molecule has 0 saturated heterocycles. The maximum absolute atomic E-state index is 9.59. The number of nitrogens with zero attached hydrogens (tertiary/aromatic N) is 4. The number of thioether (sulfide) groups is 1. The molecule has 126 valence electrons. The summed E-state index contributed by atoms with van der Waals surface area (Å²) >= 11 is 1.57. The SMILES string of the molecule is C=C1c2c(C)nc(SCC)c(C#N)c2N=CN1Cc1cccc(C)c1. The predicted octanol–water partition coefficient (Wildman–Crippen LogP) is 4.83. The summed E-state index contributed by atoms with van der Waals surface area (Å²) in [4.78, 5) is 11.2. The van der Waals surface area contributed by atoms with Gasteiger partial charge in [-0.1, -0.05) is 43.3 Å². The van der Waals surface area contributed by atoms with E-state index in [-0.39, 0.29) is 0 Å². The van der Waals surface area contributed by atoms with E-state index in [4.69, 9.17) is 0 Å². The van der Waals surface area contributed by atoms with Crippen molar-refractivity contribution in [3.63, 3.8) is 0 Å². The molecular weight excluding hydrogens is 328 g/mol. The maximum atomic E-state index is 9.59. The molecule has 0 amide bonds. The van der Waals surface area contributed by atoms with Gasteiger partial charge in [0.05, 0.1) is 17.7 Å². The highest BCUT2D eigenvalue weighted by Gasteiger charge is 2.25. The Kier molecular flexibility index (Phi) is 4.91. The van der Waals surface area contributed by atoms with Gasteiger partial charge < -0.3 is 4.90 Å². The third-order valence-electron chi connectivity index (χ3n) is 4.11. The highest BCUT2D eigenvalue weighted by atomic mass is 32.2. The zero-order chi connectivity index (χ0) is 18.0. The lowest BCUT2D eigenvalue weighted by Gasteiger charge is -2.28. The van der Waals surface area contributed by atoms with Crippen molar-refractivity contribution >= 4 is 29.5 Å². The number of aromatic nitrogens is 1. The van der Waals surface area contributed by atoms with Crippen molar-refractivity contribution in [1.29, 1.82) is 5.26 Å². The molecule has 0 aliphatic carbocycles. The molecule has 0 atom stereocenters. The second kappa shape index (κ2) is 7.12. The van der Waals surface area contributed by atoms with E-state index in [1.165, 1.54) is 11.1 Å². The lowest BCUT2D eigenvalue weighted by Crippen LogP contribution is -2.23. The van der Waals surface area contributed by atoms with Crippen LogP contribution in [0.2, 0.25) is 0 Å². The van der Waals surface area contributed by atoms with E-state index >= 15 is 0 Å². The van der Waals surface area contributed by atoms with Crippen molar-refractivity contribution in [3.05, 3.63) is 58.8 Å². The number of rotatable bonds is 4. The van der Waals surface area contributed by atoms with E-state index in [1.807, 2.05) is 18.7 Å². The minimum atomic E-state index is 0.542. The summed E-state index contributed by atoms with van der Waals surface area (Å²) in [6, 6.07) is 10.7. The van der Waals surface area contributed by atoms with Gasteiger partial charge in [-0.2, -0.15) is 5.26 Å². The fraction of sp³-hybridized carbons (Fsp3) is 0.250. The minimum absolute atomic E-state index is 0.542. The standard InChI is InChI=1S/C20H20N4S/c1-5-25-20-17(10-21)19-18(14(3)23-20)15(4)24(12-22-19)11-16-8-6-7-13(2)9-16/h6-9,12H,4-5,11H2,1-3H3. The largest absolute Gasteiger partial charge is 0.328 e. The van der Waals surface area contributed by atoms with Crippen molar-refractivity contribution in [2.45, 2.75) is 32.3 Å². The van der Waals surface area contributed by atoms with Gasteiger partial charge in [0, 0.05) is 17.8 Å². The first kappa shape index (κ1) is 17.2. The lowest BCUT2D eigenvalue weighted by atomic mass is 10.0. The summed E-state index contributed by atoms with van der Waals surface area (Å²) in [5.41, 5.74) is 6.22.